The molecule has 0 aliphatic rings. The molecule has 0 aliphatic heterocycles. The number of hydrogen-bond acceptors (Lipinski definition) is 2. The van der Waals surface area contributed by atoms with Crippen molar-refractivity contribution in [2.24, 2.45) is 0 Å². The molecule has 0 fully saturated rings. The van der Waals surface area contributed by atoms with E-state index in [1.54, 1.807) is 0 Å². The Balaban J connectivity index is -0.00000000750. The van der Waals surface area contributed by atoms with Gasteiger partial charge < -0.3 is 2.85 Å². The summed E-state index contributed by atoms with van der Waals surface area (Å²) in [6.45, 7) is 0. The van der Waals surface area contributed by atoms with E-state index in [0.717, 1.165) is 0 Å². The van der Waals surface area contributed by atoms with Crippen LogP contribution in [-0.4, -0.2) is 41.8 Å². The normalized spacial score (nSPS) is 4.17. The molecule has 1 radical (unpaired) electrons. The molecular weight excluding hydrogens is 194 g/mol. The van der Waals surface area contributed by atoms with Gasteiger partial charge in [-0.2, -0.15) is 0 Å². The van der Waals surface area contributed by atoms with E-state index in [-0.39, 0.29) is 57.7 Å². The molecule has 0 saturated heterocycles. The SMILES string of the molecule is [Ca+2].[H-].[H-].[Mn].[O]=[V](=[O])[OH]. The van der Waals surface area contributed by atoms with Gasteiger partial charge in [-0.25, -0.2) is 0 Å². The predicted molar refractivity (Wildman–Crippen MR) is 11.6 cm³/mol. The summed E-state index contributed by atoms with van der Waals surface area (Å²) >= 11 is -3.69. The molecule has 0 amide bonds. The van der Waals surface area contributed by atoms with Crippen LogP contribution >= 0.6 is 0 Å². The monoisotopic (exact) mass is 197 g/mol. The average molecular weight is 197 g/mol. The molecule has 0 spiro atoms. The quantitative estimate of drug-likeness (QED) is 0.509. The second-order valence-electron chi connectivity index (χ2n) is 0.238. The van der Waals surface area contributed by atoms with Crippen molar-refractivity contribution >= 4 is 37.7 Å². The minimum absolute atomic E-state index is 0. The van der Waals surface area contributed by atoms with Crippen molar-refractivity contribution in [3.63, 3.8) is 0 Å². The van der Waals surface area contributed by atoms with Crippen LogP contribution in [0.2, 0.25) is 0 Å². The van der Waals surface area contributed by atoms with Crippen LogP contribution in [0.15, 0.2) is 0 Å². The molecule has 1 N–H and O–H groups in total. The molecule has 6 heavy (non-hydrogen) atoms. The van der Waals surface area contributed by atoms with Gasteiger partial charge in [0.1, 0.15) is 0 Å². The van der Waals surface area contributed by atoms with Crippen molar-refractivity contribution < 1.29 is 46.7 Å². The first-order valence-corrected chi connectivity index (χ1v) is 2.33. The van der Waals surface area contributed by atoms with Crippen LogP contribution in [0.3, 0.4) is 0 Å². The molecule has 6 heteroatoms. The van der Waals surface area contributed by atoms with E-state index >= 15 is 0 Å². The first-order valence-electron chi connectivity index (χ1n) is 0.565. The van der Waals surface area contributed by atoms with Gasteiger partial charge in [-0.05, 0) is 0 Å². The summed E-state index contributed by atoms with van der Waals surface area (Å²) in [5.74, 6) is 0. The van der Waals surface area contributed by atoms with Gasteiger partial charge in [0.25, 0.3) is 0 Å². The first-order chi connectivity index (χ1) is 1.73. The fraction of sp³-hybridized carbons (Fsp3) is 0. The Morgan fingerprint density at radius 2 is 1.50 bits per heavy atom. The maximum atomic E-state index is 8.67. The third-order valence-electron chi connectivity index (χ3n) is 0. The molecule has 0 saturated carbocycles. The van der Waals surface area contributed by atoms with Gasteiger partial charge in [-0.1, -0.05) is 0 Å². The molecule has 0 atom stereocenters. The van der Waals surface area contributed by atoms with Crippen molar-refractivity contribution in [1.82, 2.24) is 0 Å². The fourth-order valence-corrected chi connectivity index (χ4v) is 0. The van der Waals surface area contributed by atoms with Gasteiger partial charge in [0.2, 0.25) is 0 Å². The van der Waals surface area contributed by atoms with Gasteiger partial charge in [0.15, 0.2) is 0 Å². The van der Waals surface area contributed by atoms with E-state index in [4.69, 9.17) is 11.4 Å². The molecule has 0 aliphatic carbocycles. The zero-order valence-electron chi connectivity index (χ0n) is 4.80. The summed E-state index contributed by atoms with van der Waals surface area (Å²) in [7, 11) is 0. The predicted octanol–water partition coefficient (Wildman–Crippen LogP) is -0.955. The minimum atomic E-state index is -3.69. The zero-order chi connectivity index (χ0) is 3.58. The first kappa shape index (κ1) is 15.7. The zero-order valence-corrected chi connectivity index (χ0v) is 7.58. The van der Waals surface area contributed by atoms with Gasteiger partial charge in [0, 0.05) is 17.1 Å². The molecule has 0 aromatic heterocycles. The van der Waals surface area contributed by atoms with Crippen LogP contribution in [-0.2, 0) is 39.8 Å². The topological polar surface area (TPSA) is 54.4 Å². The van der Waals surface area contributed by atoms with Crippen molar-refractivity contribution in [3.05, 3.63) is 0 Å². The Labute approximate surface area is 83.3 Å². The van der Waals surface area contributed by atoms with Crippen LogP contribution in [0, 0.1) is 0 Å². The Kier molecular flexibility index (Phi) is 26.2. The second-order valence-corrected chi connectivity index (χ2v) is 0.981. The standard InChI is InChI=1S/Ca.Mn.H2O.2O.V.2H/h;;1H2;;;;;/q+2;;;;;+1;2*-1/p-1. The summed E-state index contributed by atoms with van der Waals surface area (Å²) in [5.41, 5.74) is 0. The summed E-state index contributed by atoms with van der Waals surface area (Å²) in [6.07, 6.45) is 0. The Morgan fingerprint density at radius 1 is 1.50 bits per heavy atom. The van der Waals surface area contributed by atoms with Gasteiger partial charge >= 0.3 is 64.5 Å². The van der Waals surface area contributed by atoms with Crippen molar-refractivity contribution in [3.8, 4) is 0 Å². The third-order valence-corrected chi connectivity index (χ3v) is 0. The molecule has 0 rings (SSSR count). The number of rotatable bonds is 0. The molecular formula is H3CaMnO3V. The molecule has 35 valence electrons. The van der Waals surface area contributed by atoms with Gasteiger partial charge in [-0.3, -0.25) is 0 Å². The average Bonchev–Trinajstić information content (AvgIpc) is 0.811. The molecule has 0 unspecified atom stereocenters. The van der Waals surface area contributed by atoms with Gasteiger partial charge in [-0.15, -0.1) is 0 Å². The van der Waals surface area contributed by atoms with Crippen LogP contribution in [0.1, 0.15) is 2.85 Å². The van der Waals surface area contributed by atoms with E-state index < -0.39 is 15.4 Å². The summed E-state index contributed by atoms with van der Waals surface area (Å²) in [4.78, 5) is 0. The van der Waals surface area contributed by atoms with Crippen LogP contribution < -0.4 is 0 Å². The van der Waals surface area contributed by atoms with E-state index in [1.165, 1.54) is 0 Å². The summed E-state index contributed by atoms with van der Waals surface area (Å²) in [5, 5.41) is 0. The van der Waals surface area contributed by atoms with Crippen LogP contribution in [0.25, 0.3) is 0 Å². The van der Waals surface area contributed by atoms with E-state index in [2.05, 4.69) is 0 Å². The van der Waals surface area contributed by atoms with Crippen LogP contribution in [0.4, 0.5) is 0 Å². The Hall–Kier alpha value is 1.92. The Morgan fingerprint density at radius 3 is 1.50 bits per heavy atom. The van der Waals surface area contributed by atoms with E-state index in [0.29, 0.717) is 0 Å². The number of hydrogen-bond donors (Lipinski definition) is 1. The van der Waals surface area contributed by atoms with Crippen LogP contribution in [0.5, 0.6) is 0 Å². The molecule has 0 aromatic rings. The molecule has 0 heterocycles. The Bertz CT molecular complexity index is 65.7. The summed E-state index contributed by atoms with van der Waals surface area (Å²) < 4.78 is 24.4. The molecule has 0 aromatic carbocycles. The second kappa shape index (κ2) is 10.0. The summed E-state index contributed by atoms with van der Waals surface area (Å²) in [6, 6.07) is 0. The van der Waals surface area contributed by atoms with Crippen molar-refractivity contribution in [1.29, 1.82) is 0 Å². The maximum absolute atomic E-state index is 8.67. The van der Waals surface area contributed by atoms with Crippen molar-refractivity contribution in [2.45, 2.75) is 0 Å². The molecule has 3 nitrogen and oxygen atoms in total. The fourth-order valence-electron chi connectivity index (χ4n) is 0. The van der Waals surface area contributed by atoms with E-state index in [1.807, 2.05) is 0 Å². The van der Waals surface area contributed by atoms with Crippen molar-refractivity contribution in [2.75, 3.05) is 0 Å². The van der Waals surface area contributed by atoms with Gasteiger partial charge in [0.05, 0.1) is 0 Å². The van der Waals surface area contributed by atoms with E-state index in [9.17, 15) is 0 Å². The third kappa shape index (κ3) is 38.8. The molecule has 0 bridgehead atoms.